The molecular formula is C13H15ClN4O2S. The summed E-state index contributed by atoms with van der Waals surface area (Å²) < 4.78 is 2.38. The van der Waals surface area contributed by atoms with Crippen molar-refractivity contribution in [1.29, 1.82) is 0 Å². The summed E-state index contributed by atoms with van der Waals surface area (Å²) in [6.07, 6.45) is 1.61. The summed E-state index contributed by atoms with van der Waals surface area (Å²) in [6, 6.07) is 4.83. The van der Waals surface area contributed by atoms with Crippen molar-refractivity contribution >= 4 is 40.6 Å². The summed E-state index contributed by atoms with van der Waals surface area (Å²) >= 11 is 7.36. The smallest absolute Gasteiger partial charge is 0.247 e. The number of aromatic nitrogens is 2. The van der Waals surface area contributed by atoms with E-state index >= 15 is 0 Å². The fraction of sp³-hybridized carbons (Fsp3) is 0.308. The Morgan fingerprint density at radius 1 is 1.43 bits per heavy atom. The van der Waals surface area contributed by atoms with Crippen LogP contribution in [-0.2, 0) is 16.1 Å². The number of anilines is 1. The molecule has 2 aromatic heterocycles. The minimum atomic E-state index is -0.609. The van der Waals surface area contributed by atoms with E-state index in [4.69, 9.17) is 11.6 Å². The Hall–Kier alpha value is -1.86. The van der Waals surface area contributed by atoms with Crippen molar-refractivity contribution in [2.24, 2.45) is 0 Å². The van der Waals surface area contributed by atoms with Crippen molar-refractivity contribution in [2.75, 3.05) is 5.32 Å². The molecule has 1 unspecified atom stereocenters. The predicted molar refractivity (Wildman–Crippen MR) is 82.6 cm³/mol. The maximum absolute atomic E-state index is 12.0. The first-order chi connectivity index (χ1) is 9.95. The molecule has 112 valence electrons. The molecule has 0 bridgehead atoms. The van der Waals surface area contributed by atoms with Crippen LogP contribution in [0.2, 0.25) is 4.34 Å². The summed E-state index contributed by atoms with van der Waals surface area (Å²) in [4.78, 5) is 24.0. The maximum atomic E-state index is 12.0. The quantitative estimate of drug-likeness (QED) is 0.883. The minimum absolute atomic E-state index is 0.251. The molecule has 21 heavy (non-hydrogen) atoms. The molecule has 6 nitrogen and oxygen atoms in total. The number of thiophene rings is 1. The highest BCUT2D eigenvalue weighted by atomic mass is 35.5. The van der Waals surface area contributed by atoms with Gasteiger partial charge < -0.3 is 10.6 Å². The van der Waals surface area contributed by atoms with Crippen molar-refractivity contribution in [3.8, 4) is 0 Å². The number of amides is 2. The molecule has 0 aromatic carbocycles. The van der Waals surface area contributed by atoms with Crippen LogP contribution in [0, 0.1) is 0 Å². The molecule has 0 fully saturated rings. The first-order valence-electron chi connectivity index (χ1n) is 6.29. The maximum Gasteiger partial charge on any atom is 0.247 e. The number of nitrogens with zero attached hydrogens (tertiary/aromatic N) is 2. The zero-order valence-corrected chi connectivity index (χ0v) is 13.2. The standard InChI is InChI=1S/C13H15ClN4O2S/c1-8(16-9(2)19)13(20)17-12-5-6-15-18(12)7-10-3-4-11(14)21-10/h3-6,8H,7H2,1-2H3,(H,16,19)(H,17,20). The van der Waals surface area contributed by atoms with Crippen LogP contribution in [0.5, 0.6) is 0 Å². The van der Waals surface area contributed by atoms with Crippen molar-refractivity contribution < 1.29 is 9.59 Å². The second-order valence-corrected chi connectivity index (χ2v) is 6.29. The van der Waals surface area contributed by atoms with Gasteiger partial charge in [0.1, 0.15) is 11.9 Å². The fourth-order valence-corrected chi connectivity index (χ4v) is 2.82. The van der Waals surface area contributed by atoms with Gasteiger partial charge in [0, 0.05) is 17.9 Å². The number of hydrogen-bond donors (Lipinski definition) is 2. The molecule has 2 amide bonds. The Morgan fingerprint density at radius 2 is 2.19 bits per heavy atom. The molecule has 0 aliphatic carbocycles. The van der Waals surface area contributed by atoms with Gasteiger partial charge in [0.05, 0.1) is 17.1 Å². The van der Waals surface area contributed by atoms with Crippen LogP contribution in [0.4, 0.5) is 5.82 Å². The summed E-state index contributed by atoms with van der Waals surface area (Å²) in [5, 5.41) is 9.44. The lowest BCUT2D eigenvalue weighted by atomic mass is 10.3. The molecule has 0 radical (unpaired) electrons. The van der Waals surface area contributed by atoms with Gasteiger partial charge >= 0.3 is 0 Å². The van der Waals surface area contributed by atoms with Crippen LogP contribution in [0.1, 0.15) is 18.7 Å². The number of nitrogens with one attached hydrogen (secondary N) is 2. The van der Waals surface area contributed by atoms with E-state index in [1.54, 1.807) is 23.9 Å². The summed E-state index contributed by atoms with van der Waals surface area (Å²) in [5.41, 5.74) is 0. The van der Waals surface area contributed by atoms with E-state index < -0.39 is 6.04 Å². The van der Waals surface area contributed by atoms with Crippen LogP contribution in [0.25, 0.3) is 0 Å². The van der Waals surface area contributed by atoms with E-state index in [9.17, 15) is 9.59 Å². The molecule has 0 spiro atoms. The molecule has 2 rings (SSSR count). The van der Waals surface area contributed by atoms with Crippen molar-refractivity contribution in [3.63, 3.8) is 0 Å². The van der Waals surface area contributed by atoms with Crippen molar-refractivity contribution in [1.82, 2.24) is 15.1 Å². The number of rotatable bonds is 5. The Labute approximate surface area is 131 Å². The monoisotopic (exact) mass is 326 g/mol. The zero-order chi connectivity index (χ0) is 15.4. The highest BCUT2D eigenvalue weighted by Crippen LogP contribution is 2.23. The molecule has 2 heterocycles. The number of halogens is 1. The minimum Gasteiger partial charge on any atom is -0.345 e. The largest absolute Gasteiger partial charge is 0.345 e. The third kappa shape index (κ3) is 4.30. The van der Waals surface area contributed by atoms with Gasteiger partial charge in [-0.1, -0.05) is 11.6 Å². The molecule has 0 aliphatic rings. The highest BCUT2D eigenvalue weighted by molar-refractivity contribution is 7.16. The summed E-state index contributed by atoms with van der Waals surface area (Å²) in [5.74, 6) is 0.0253. The second-order valence-electron chi connectivity index (χ2n) is 4.49. The predicted octanol–water partition coefficient (Wildman–Crippen LogP) is 2.11. The highest BCUT2D eigenvalue weighted by Gasteiger charge is 2.15. The fourth-order valence-electron chi connectivity index (χ4n) is 1.75. The summed E-state index contributed by atoms with van der Waals surface area (Å²) in [6.45, 7) is 3.51. The molecule has 0 saturated carbocycles. The van der Waals surface area contributed by atoms with Gasteiger partial charge in [-0.05, 0) is 19.1 Å². The molecule has 0 aliphatic heterocycles. The Kier molecular flexibility index (Phi) is 4.98. The SMILES string of the molecule is CC(=O)NC(C)C(=O)Nc1ccnn1Cc1ccc(Cl)s1. The van der Waals surface area contributed by atoms with Gasteiger partial charge in [0.15, 0.2) is 0 Å². The molecule has 2 N–H and O–H groups in total. The third-order valence-corrected chi connectivity index (χ3v) is 3.93. The number of hydrogen-bond acceptors (Lipinski definition) is 4. The van der Waals surface area contributed by atoms with Crippen LogP contribution < -0.4 is 10.6 Å². The lowest BCUT2D eigenvalue weighted by Gasteiger charge is -2.13. The van der Waals surface area contributed by atoms with Gasteiger partial charge in [-0.15, -0.1) is 11.3 Å². The van der Waals surface area contributed by atoms with Crippen molar-refractivity contribution in [2.45, 2.75) is 26.4 Å². The lowest BCUT2D eigenvalue weighted by Crippen LogP contribution is -2.40. The Morgan fingerprint density at radius 3 is 2.81 bits per heavy atom. The summed E-state index contributed by atoms with van der Waals surface area (Å²) in [7, 11) is 0. The van der Waals surface area contributed by atoms with E-state index in [1.807, 2.05) is 12.1 Å². The van der Waals surface area contributed by atoms with Gasteiger partial charge in [0.2, 0.25) is 11.8 Å². The normalized spacial score (nSPS) is 12.0. The van der Waals surface area contributed by atoms with E-state index in [0.29, 0.717) is 16.7 Å². The van der Waals surface area contributed by atoms with Crippen LogP contribution >= 0.6 is 22.9 Å². The van der Waals surface area contributed by atoms with Crippen LogP contribution in [0.3, 0.4) is 0 Å². The first kappa shape index (κ1) is 15.5. The van der Waals surface area contributed by atoms with Gasteiger partial charge in [-0.2, -0.15) is 5.10 Å². The molecule has 2 aromatic rings. The Bertz CT molecular complexity index is 652. The topological polar surface area (TPSA) is 76.0 Å². The van der Waals surface area contributed by atoms with E-state index in [-0.39, 0.29) is 11.8 Å². The van der Waals surface area contributed by atoms with E-state index in [1.165, 1.54) is 18.3 Å². The third-order valence-electron chi connectivity index (χ3n) is 2.72. The average Bonchev–Trinajstić information content (AvgIpc) is 2.99. The van der Waals surface area contributed by atoms with Crippen LogP contribution in [0.15, 0.2) is 24.4 Å². The lowest BCUT2D eigenvalue weighted by molar-refractivity contribution is -0.124. The second kappa shape index (κ2) is 6.73. The Balaban J connectivity index is 2.03. The number of carbonyl (C=O) groups excluding carboxylic acids is 2. The molecule has 8 heteroatoms. The van der Waals surface area contributed by atoms with E-state index in [0.717, 1.165) is 4.88 Å². The van der Waals surface area contributed by atoms with Gasteiger partial charge in [-0.3, -0.25) is 9.59 Å². The first-order valence-corrected chi connectivity index (χ1v) is 7.49. The van der Waals surface area contributed by atoms with Crippen LogP contribution in [-0.4, -0.2) is 27.6 Å². The average molecular weight is 327 g/mol. The van der Waals surface area contributed by atoms with E-state index in [2.05, 4.69) is 15.7 Å². The van der Waals surface area contributed by atoms with Gasteiger partial charge in [0.25, 0.3) is 0 Å². The molecule has 0 saturated heterocycles. The molecule has 1 atom stereocenters. The number of carbonyl (C=O) groups is 2. The molecular weight excluding hydrogens is 312 g/mol. The van der Waals surface area contributed by atoms with Gasteiger partial charge in [-0.25, -0.2) is 4.68 Å². The van der Waals surface area contributed by atoms with Crippen molar-refractivity contribution in [3.05, 3.63) is 33.6 Å². The zero-order valence-electron chi connectivity index (χ0n) is 11.6.